The summed E-state index contributed by atoms with van der Waals surface area (Å²) in [6, 6.07) is 7.05. The van der Waals surface area contributed by atoms with Crippen molar-refractivity contribution in [1.82, 2.24) is 5.32 Å². The number of aliphatic hydroxyl groups is 1. The Morgan fingerprint density at radius 2 is 1.77 bits per heavy atom. The van der Waals surface area contributed by atoms with Crippen molar-refractivity contribution in [2.75, 3.05) is 26.0 Å². The minimum absolute atomic E-state index is 0.0917. The highest BCUT2D eigenvalue weighted by atomic mass is 32.2. The van der Waals surface area contributed by atoms with Crippen LogP contribution in [-0.4, -0.2) is 50.0 Å². The van der Waals surface area contributed by atoms with Crippen LogP contribution in [0.1, 0.15) is 30.1 Å². The predicted molar refractivity (Wildman–Crippen MR) is 83.7 cm³/mol. The number of benzene rings is 1. The average molecular weight is 333 g/mol. The molecule has 8 heteroatoms. The number of hydrogen-bond donors (Lipinski definition) is 3. The number of carbonyl (C=O) groups is 1. The molecule has 0 saturated carbocycles. The third kappa shape index (κ3) is 12.1. The second kappa shape index (κ2) is 11.0. The maximum atomic E-state index is 11.7. The van der Waals surface area contributed by atoms with Crippen LogP contribution < -0.4 is 10.1 Å². The molecule has 0 aliphatic heterocycles. The van der Waals surface area contributed by atoms with E-state index in [1.807, 2.05) is 6.92 Å². The van der Waals surface area contributed by atoms with E-state index in [9.17, 15) is 13.2 Å². The number of nitrogens with one attached hydrogen (secondary N) is 1. The van der Waals surface area contributed by atoms with Crippen molar-refractivity contribution in [1.29, 1.82) is 0 Å². The average Bonchev–Trinajstić information content (AvgIpc) is 2.43. The number of amides is 1. The summed E-state index contributed by atoms with van der Waals surface area (Å²) >= 11 is 0. The highest BCUT2D eigenvalue weighted by molar-refractivity contribution is 7.85. The Labute approximate surface area is 131 Å². The standard InChI is InChI=1S/C13H19NO3.CH4O3S/c1-2-17-12-7-5-11(6-8-12)13(16)14-9-3-4-10-15;1-5(2,3)4/h5-8,15H,2-4,9-10H2,1H3,(H,14,16);1H3,(H,2,3,4). The first-order chi connectivity index (χ1) is 10.3. The molecule has 7 nitrogen and oxygen atoms in total. The monoisotopic (exact) mass is 333 g/mol. The van der Waals surface area contributed by atoms with E-state index in [0.717, 1.165) is 12.2 Å². The Hall–Kier alpha value is -1.64. The summed E-state index contributed by atoms with van der Waals surface area (Å²) in [5, 5.41) is 11.4. The van der Waals surface area contributed by atoms with Crippen LogP contribution in [0.15, 0.2) is 24.3 Å². The van der Waals surface area contributed by atoms with Crippen LogP contribution in [0.4, 0.5) is 0 Å². The molecule has 0 unspecified atom stereocenters. The molecule has 3 N–H and O–H groups in total. The van der Waals surface area contributed by atoms with Crippen LogP contribution in [0.3, 0.4) is 0 Å². The minimum atomic E-state index is -3.67. The van der Waals surface area contributed by atoms with Crippen LogP contribution in [0, 0.1) is 0 Å². The van der Waals surface area contributed by atoms with Gasteiger partial charge in [-0.05, 0) is 44.0 Å². The molecule has 0 heterocycles. The van der Waals surface area contributed by atoms with Gasteiger partial charge in [0, 0.05) is 18.7 Å². The first-order valence-corrected chi connectivity index (χ1v) is 8.67. The van der Waals surface area contributed by atoms with Crippen molar-refractivity contribution in [2.45, 2.75) is 19.8 Å². The summed E-state index contributed by atoms with van der Waals surface area (Å²) in [4.78, 5) is 11.7. The summed E-state index contributed by atoms with van der Waals surface area (Å²) in [7, 11) is -3.67. The van der Waals surface area contributed by atoms with Crippen molar-refractivity contribution >= 4 is 16.0 Å². The van der Waals surface area contributed by atoms with E-state index in [-0.39, 0.29) is 12.5 Å². The van der Waals surface area contributed by atoms with Gasteiger partial charge in [0.05, 0.1) is 12.9 Å². The fourth-order valence-corrected chi connectivity index (χ4v) is 1.41. The van der Waals surface area contributed by atoms with Crippen LogP contribution in [0.2, 0.25) is 0 Å². The molecular formula is C14H23NO6S. The van der Waals surface area contributed by atoms with Gasteiger partial charge in [-0.15, -0.1) is 0 Å². The Bertz CT molecular complexity index is 519. The molecule has 126 valence electrons. The molecular weight excluding hydrogens is 310 g/mol. The van der Waals surface area contributed by atoms with Gasteiger partial charge in [0.2, 0.25) is 0 Å². The highest BCUT2D eigenvalue weighted by Crippen LogP contribution is 2.11. The SMILES string of the molecule is CCOc1ccc(C(=O)NCCCCO)cc1.CS(=O)(=O)O. The van der Waals surface area contributed by atoms with Crippen LogP contribution in [-0.2, 0) is 10.1 Å². The number of aliphatic hydroxyl groups excluding tert-OH is 1. The second-order valence-electron chi connectivity index (χ2n) is 4.38. The largest absolute Gasteiger partial charge is 0.494 e. The van der Waals surface area contributed by atoms with Crippen LogP contribution in [0.5, 0.6) is 5.75 Å². The minimum Gasteiger partial charge on any atom is -0.494 e. The van der Waals surface area contributed by atoms with E-state index >= 15 is 0 Å². The van der Waals surface area contributed by atoms with Crippen molar-refractivity contribution in [3.63, 3.8) is 0 Å². The first-order valence-electron chi connectivity index (χ1n) is 6.82. The zero-order valence-corrected chi connectivity index (χ0v) is 13.6. The Morgan fingerprint density at radius 3 is 2.23 bits per heavy atom. The first kappa shape index (κ1) is 20.4. The summed E-state index contributed by atoms with van der Waals surface area (Å²) in [5.74, 6) is 0.676. The number of unbranched alkanes of at least 4 members (excludes halogenated alkanes) is 1. The van der Waals surface area contributed by atoms with Crippen molar-refractivity contribution in [2.24, 2.45) is 0 Å². The third-order valence-corrected chi connectivity index (χ3v) is 2.30. The fourth-order valence-electron chi connectivity index (χ4n) is 1.41. The number of carbonyl (C=O) groups excluding carboxylic acids is 1. The van der Waals surface area contributed by atoms with Crippen LogP contribution >= 0.6 is 0 Å². The summed E-state index contributed by atoms with van der Waals surface area (Å²) in [5.41, 5.74) is 0.623. The molecule has 0 saturated heterocycles. The highest BCUT2D eigenvalue weighted by Gasteiger charge is 2.04. The molecule has 0 aliphatic rings. The zero-order valence-electron chi connectivity index (χ0n) is 12.8. The lowest BCUT2D eigenvalue weighted by atomic mass is 10.2. The van der Waals surface area contributed by atoms with Gasteiger partial charge in [-0.25, -0.2) is 0 Å². The molecule has 0 spiro atoms. The maximum absolute atomic E-state index is 11.7. The molecule has 0 aliphatic carbocycles. The summed E-state index contributed by atoms with van der Waals surface area (Å²) in [6.07, 6.45) is 2.22. The van der Waals surface area contributed by atoms with Gasteiger partial charge in [0.25, 0.3) is 16.0 Å². The lowest BCUT2D eigenvalue weighted by molar-refractivity contribution is 0.0952. The molecule has 0 radical (unpaired) electrons. The lowest BCUT2D eigenvalue weighted by Crippen LogP contribution is -2.24. The van der Waals surface area contributed by atoms with Gasteiger partial charge in [-0.1, -0.05) is 0 Å². The predicted octanol–water partition coefficient (Wildman–Crippen LogP) is 1.09. The van der Waals surface area contributed by atoms with E-state index in [4.69, 9.17) is 14.4 Å². The topological polar surface area (TPSA) is 113 Å². The van der Waals surface area contributed by atoms with Gasteiger partial charge in [-0.2, -0.15) is 8.42 Å². The van der Waals surface area contributed by atoms with E-state index in [1.165, 1.54) is 0 Å². The Kier molecular flexibility index (Phi) is 10.2. The van der Waals surface area contributed by atoms with Crippen molar-refractivity contribution in [3.05, 3.63) is 29.8 Å². The van der Waals surface area contributed by atoms with Gasteiger partial charge in [0.1, 0.15) is 5.75 Å². The van der Waals surface area contributed by atoms with Gasteiger partial charge in [0.15, 0.2) is 0 Å². The Balaban J connectivity index is 0.000000763. The zero-order chi connectivity index (χ0) is 17.0. The van der Waals surface area contributed by atoms with E-state index < -0.39 is 10.1 Å². The van der Waals surface area contributed by atoms with E-state index in [2.05, 4.69) is 5.32 Å². The van der Waals surface area contributed by atoms with Gasteiger partial charge in [-0.3, -0.25) is 9.35 Å². The van der Waals surface area contributed by atoms with Crippen LogP contribution in [0.25, 0.3) is 0 Å². The van der Waals surface area contributed by atoms with Crippen molar-refractivity contribution < 1.29 is 27.6 Å². The summed E-state index contributed by atoms with van der Waals surface area (Å²) < 4.78 is 31.2. The fraction of sp³-hybridized carbons (Fsp3) is 0.500. The second-order valence-corrected chi connectivity index (χ2v) is 5.84. The Morgan fingerprint density at radius 1 is 1.23 bits per heavy atom. The molecule has 0 atom stereocenters. The molecule has 1 amide bonds. The van der Waals surface area contributed by atoms with Crippen molar-refractivity contribution in [3.8, 4) is 5.75 Å². The molecule has 22 heavy (non-hydrogen) atoms. The molecule has 0 aromatic heterocycles. The van der Waals surface area contributed by atoms with Gasteiger partial charge >= 0.3 is 0 Å². The summed E-state index contributed by atoms with van der Waals surface area (Å²) in [6.45, 7) is 3.29. The van der Waals surface area contributed by atoms with E-state index in [0.29, 0.717) is 31.4 Å². The third-order valence-electron chi connectivity index (χ3n) is 2.30. The maximum Gasteiger partial charge on any atom is 0.261 e. The van der Waals surface area contributed by atoms with Gasteiger partial charge < -0.3 is 15.2 Å². The molecule has 1 aromatic carbocycles. The number of hydrogen-bond acceptors (Lipinski definition) is 5. The number of rotatable bonds is 7. The van der Waals surface area contributed by atoms with E-state index in [1.54, 1.807) is 24.3 Å². The smallest absolute Gasteiger partial charge is 0.261 e. The lowest BCUT2D eigenvalue weighted by Gasteiger charge is -2.06. The normalized spacial score (nSPS) is 10.4. The molecule has 1 rings (SSSR count). The molecule has 0 fully saturated rings. The number of ether oxygens (including phenoxy) is 1. The quantitative estimate of drug-likeness (QED) is 0.508. The molecule has 1 aromatic rings. The molecule has 0 bridgehead atoms.